The highest BCUT2D eigenvalue weighted by Crippen LogP contribution is 2.31. The van der Waals surface area contributed by atoms with Crippen LogP contribution in [0.3, 0.4) is 0 Å². The number of carbonyl (C=O) groups excluding carboxylic acids is 6. The number of carboxylic acid groups (broad SMARTS) is 1. The lowest BCUT2D eigenvalue weighted by molar-refractivity contribution is -0.144. The first-order chi connectivity index (χ1) is 24.5. The first-order valence-corrected chi connectivity index (χ1v) is 18.2. The van der Waals surface area contributed by atoms with Crippen molar-refractivity contribution in [3.8, 4) is 0 Å². The van der Waals surface area contributed by atoms with E-state index in [1.54, 1.807) is 39.0 Å². The summed E-state index contributed by atoms with van der Waals surface area (Å²) in [6.45, 7) is 10.1. The van der Waals surface area contributed by atoms with Crippen molar-refractivity contribution in [2.24, 2.45) is 5.92 Å². The van der Waals surface area contributed by atoms with Crippen LogP contribution >= 0.6 is 0 Å². The molecule has 3 rings (SSSR count). The van der Waals surface area contributed by atoms with Gasteiger partial charge in [-0.1, -0.05) is 62.9 Å². The van der Waals surface area contributed by atoms with Crippen LogP contribution in [0.5, 0.6) is 0 Å². The van der Waals surface area contributed by atoms with Crippen LogP contribution in [0, 0.1) is 5.92 Å². The number of amides is 5. The minimum Gasteiger partial charge on any atom is -0.479 e. The Kier molecular flexibility index (Phi) is 15.6. The quantitative estimate of drug-likeness (QED) is 0.157. The fourth-order valence-corrected chi connectivity index (χ4v) is 6.65. The normalized spacial score (nSPS) is 19.6. The molecule has 1 saturated carbocycles. The maximum Gasteiger partial charge on any atom is 0.408 e. The molecule has 1 aliphatic heterocycles. The first-order valence-electron chi connectivity index (χ1n) is 18.2. The molecule has 0 spiro atoms. The molecular formula is C37H55N5O10. The van der Waals surface area contributed by atoms with Crippen molar-refractivity contribution in [2.45, 2.75) is 135 Å². The molecule has 5 N–H and O–H groups in total. The molecule has 1 heterocycles. The Morgan fingerprint density at radius 3 is 2.17 bits per heavy atom. The number of hydrogen-bond donors (Lipinski definition) is 5. The van der Waals surface area contributed by atoms with Crippen LogP contribution < -0.4 is 21.3 Å². The highest BCUT2D eigenvalue weighted by molar-refractivity contribution is 6.38. The largest absolute Gasteiger partial charge is 0.479 e. The SMILES string of the molecule is CCCC(NC(=O)C1C[C@@H](OC(C)(C)C)CN1C(=O)[C@@H](NC(=O)OC(C)C)C1CCCCC1)C(=O)C(=O)NCC(=O)N[C@H](C(=O)O)c1ccccc1. The van der Waals surface area contributed by atoms with E-state index in [1.165, 1.54) is 17.0 Å². The Labute approximate surface area is 305 Å². The topological polar surface area (TPSA) is 210 Å². The molecule has 1 aliphatic carbocycles. The van der Waals surface area contributed by atoms with Gasteiger partial charge in [-0.3, -0.25) is 24.0 Å². The van der Waals surface area contributed by atoms with Gasteiger partial charge in [0.15, 0.2) is 6.04 Å². The van der Waals surface area contributed by atoms with E-state index in [-0.39, 0.29) is 25.3 Å². The number of alkyl carbamates (subject to hydrolysis) is 1. The smallest absolute Gasteiger partial charge is 0.408 e. The molecule has 5 amide bonds. The minimum absolute atomic E-state index is 0.0701. The molecule has 2 fully saturated rings. The molecule has 1 aromatic carbocycles. The van der Waals surface area contributed by atoms with E-state index < -0.39 is 90.0 Å². The summed E-state index contributed by atoms with van der Waals surface area (Å²) in [7, 11) is 0. The summed E-state index contributed by atoms with van der Waals surface area (Å²) in [4.78, 5) is 93.0. The van der Waals surface area contributed by atoms with Crippen molar-refractivity contribution in [3.05, 3.63) is 35.9 Å². The van der Waals surface area contributed by atoms with Gasteiger partial charge in [0.25, 0.3) is 5.91 Å². The summed E-state index contributed by atoms with van der Waals surface area (Å²) in [6.07, 6.45) is 3.21. The zero-order valence-corrected chi connectivity index (χ0v) is 31.1. The second-order valence-electron chi connectivity index (χ2n) is 14.7. The lowest BCUT2D eigenvalue weighted by Gasteiger charge is -2.34. The molecule has 0 bridgehead atoms. The van der Waals surface area contributed by atoms with E-state index in [0.29, 0.717) is 24.8 Å². The van der Waals surface area contributed by atoms with Crippen LogP contribution in [0.1, 0.15) is 105 Å². The average Bonchev–Trinajstić information content (AvgIpc) is 3.50. The van der Waals surface area contributed by atoms with E-state index in [2.05, 4.69) is 21.3 Å². The Hall–Kier alpha value is -4.53. The molecular weight excluding hydrogens is 674 g/mol. The third kappa shape index (κ3) is 12.6. The third-order valence-corrected chi connectivity index (χ3v) is 8.90. The standard InChI is InChI=1S/C37H55N5O10/c1-7-14-26(31(44)33(46)38-20-28(43)40-30(35(48)49)24-17-12-9-13-18-24)39-32(45)27-19-25(52-37(4,5)6)21-42(27)34(47)29(23-15-10-8-11-16-23)41-36(50)51-22(2)3/h9,12-13,17-18,22-23,25-27,29-30H,7-8,10-11,14-16,19-21H2,1-6H3,(H,38,46)(H,39,45)(H,40,43)(H,41,50)(H,48,49)/t25-,26?,27?,29+,30+/m1/s1. The van der Waals surface area contributed by atoms with Crippen molar-refractivity contribution in [2.75, 3.05) is 13.1 Å². The number of hydrogen-bond acceptors (Lipinski definition) is 9. The number of ketones is 1. The van der Waals surface area contributed by atoms with Crippen LogP contribution in [0.2, 0.25) is 0 Å². The fourth-order valence-electron chi connectivity index (χ4n) is 6.65. The van der Waals surface area contributed by atoms with E-state index in [1.807, 2.05) is 20.8 Å². The van der Waals surface area contributed by atoms with Crippen LogP contribution in [0.4, 0.5) is 4.79 Å². The van der Waals surface area contributed by atoms with Gasteiger partial charge in [-0.25, -0.2) is 9.59 Å². The first kappa shape index (κ1) is 41.9. The molecule has 288 valence electrons. The van der Waals surface area contributed by atoms with Crippen LogP contribution in [-0.2, 0) is 38.2 Å². The van der Waals surface area contributed by atoms with Gasteiger partial charge >= 0.3 is 12.1 Å². The van der Waals surface area contributed by atoms with Gasteiger partial charge in [0.2, 0.25) is 23.5 Å². The second-order valence-corrected chi connectivity index (χ2v) is 14.7. The van der Waals surface area contributed by atoms with Crippen LogP contribution in [-0.4, -0.2) is 101 Å². The van der Waals surface area contributed by atoms with Gasteiger partial charge in [0.05, 0.1) is 30.4 Å². The van der Waals surface area contributed by atoms with E-state index in [9.17, 15) is 38.7 Å². The van der Waals surface area contributed by atoms with Gasteiger partial charge in [0.1, 0.15) is 12.1 Å². The van der Waals surface area contributed by atoms with Crippen LogP contribution in [0.25, 0.3) is 0 Å². The number of likely N-dealkylation sites (tertiary alicyclic amines) is 1. The zero-order valence-electron chi connectivity index (χ0n) is 31.1. The Bertz CT molecular complexity index is 1420. The lowest BCUT2D eigenvalue weighted by Crippen LogP contribution is -2.58. The van der Waals surface area contributed by atoms with E-state index >= 15 is 0 Å². The van der Waals surface area contributed by atoms with E-state index in [0.717, 1.165) is 19.3 Å². The monoisotopic (exact) mass is 729 g/mol. The predicted octanol–water partition coefficient (Wildman–Crippen LogP) is 2.77. The molecule has 0 radical (unpaired) electrons. The maximum atomic E-state index is 14.3. The summed E-state index contributed by atoms with van der Waals surface area (Å²) in [5.74, 6) is -5.57. The molecule has 15 nitrogen and oxygen atoms in total. The number of rotatable bonds is 16. The summed E-state index contributed by atoms with van der Waals surface area (Å²) in [6, 6.07) is 3.34. The lowest BCUT2D eigenvalue weighted by atomic mass is 9.83. The predicted molar refractivity (Wildman–Crippen MR) is 190 cm³/mol. The van der Waals surface area contributed by atoms with Gasteiger partial charge < -0.3 is 40.7 Å². The Morgan fingerprint density at radius 1 is 0.942 bits per heavy atom. The van der Waals surface area contributed by atoms with Gasteiger partial charge in [-0.2, -0.15) is 0 Å². The van der Waals surface area contributed by atoms with Crippen molar-refractivity contribution in [3.63, 3.8) is 0 Å². The number of nitrogens with one attached hydrogen (secondary N) is 4. The number of aliphatic carboxylic acids is 1. The van der Waals surface area contributed by atoms with Crippen LogP contribution in [0.15, 0.2) is 30.3 Å². The maximum absolute atomic E-state index is 14.3. The van der Waals surface area contributed by atoms with E-state index in [4.69, 9.17) is 9.47 Å². The second kappa shape index (κ2) is 19.3. The van der Waals surface area contributed by atoms with Gasteiger partial charge in [0, 0.05) is 13.0 Å². The number of ether oxygens (including phenoxy) is 2. The Balaban J connectivity index is 1.76. The zero-order chi connectivity index (χ0) is 38.6. The average molecular weight is 730 g/mol. The number of carbonyl (C=O) groups is 7. The molecule has 5 atom stereocenters. The summed E-state index contributed by atoms with van der Waals surface area (Å²) >= 11 is 0. The highest BCUT2D eigenvalue weighted by Gasteiger charge is 2.46. The number of Topliss-reactive ketones (excluding diaryl/α,β-unsaturated/α-hetero) is 1. The van der Waals surface area contributed by atoms with Crippen molar-refractivity contribution in [1.29, 1.82) is 0 Å². The molecule has 1 saturated heterocycles. The van der Waals surface area contributed by atoms with Crippen molar-refractivity contribution < 1.29 is 48.1 Å². The molecule has 2 aliphatic rings. The highest BCUT2D eigenvalue weighted by atomic mass is 16.6. The fraction of sp³-hybridized carbons (Fsp3) is 0.649. The van der Waals surface area contributed by atoms with Crippen molar-refractivity contribution >= 4 is 41.5 Å². The van der Waals surface area contributed by atoms with Gasteiger partial charge in [-0.05, 0) is 65.4 Å². The number of benzene rings is 1. The summed E-state index contributed by atoms with van der Waals surface area (Å²) < 4.78 is 11.5. The molecule has 2 unspecified atom stereocenters. The summed E-state index contributed by atoms with van der Waals surface area (Å²) in [5.41, 5.74) is -0.272. The van der Waals surface area contributed by atoms with Gasteiger partial charge in [-0.15, -0.1) is 0 Å². The Morgan fingerprint density at radius 2 is 1.60 bits per heavy atom. The minimum atomic E-state index is -1.37. The number of carboxylic acids is 1. The molecule has 52 heavy (non-hydrogen) atoms. The molecule has 15 heteroatoms. The number of nitrogens with zero attached hydrogens (tertiary/aromatic N) is 1. The van der Waals surface area contributed by atoms with Crippen molar-refractivity contribution in [1.82, 2.24) is 26.2 Å². The third-order valence-electron chi connectivity index (χ3n) is 8.90. The summed E-state index contributed by atoms with van der Waals surface area (Å²) in [5, 5.41) is 19.6. The molecule has 1 aromatic rings. The molecule has 0 aromatic heterocycles.